The lowest BCUT2D eigenvalue weighted by Crippen LogP contribution is -2.29. The van der Waals surface area contributed by atoms with E-state index in [2.05, 4.69) is 18.4 Å². The van der Waals surface area contributed by atoms with E-state index in [9.17, 15) is 4.79 Å². The third-order valence-corrected chi connectivity index (χ3v) is 3.23. The van der Waals surface area contributed by atoms with Gasteiger partial charge in [-0.1, -0.05) is 13.8 Å². The summed E-state index contributed by atoms with van der Waals surface area (Å²) >= 11 is 1.71. The van der Waals surface area contributed by atoms with Crippen molar-refractivity contribution >= 4 is 17.2 Å². The second kappa shape index (κ2) is 4.60. The lowest BCUT2D eigenvalue weighted by Gasteiger charge is -2.18. The predicted molar refractivity (Wildman–Crippen MR) is 60.4 cm³/mol. The molecule has 1 amide bonds. The second-order valence-electron chi connectivity index (χ2n) is 3.88. The van der Waals surface area contributed by atoms with Gasteiger partial charge >= 0.3 is 0 Å². The fourth-order valence-electron chi connectivity index (χ4n) is 1.30. The standard InChI is InChI=1S/C11H17NOS/c1-8(2)11(13)12(4)7-10-9(3)5-6-14-10/h5-6,8H,7H2,1-4H3. The van der Waals surface area contributed by atoms with E-state index < -0.39 is 0 Å². The molecule has 1 aromatic heterocycles. The van der Waals surface area contributed by atoms with E-state index in [1.807, 2.05) is 20.9 Å². The van der Waals surface area contributed by atoms with Crippen molar-refractivity contribution in [3.63, 3.8) is 0 Å². The van der Waals surface area contributed by atoms with Gasteiger partial charge in [0.25, 0.3) is 0 Å². The van der Waals surface area contributed by atoms with Crippen molar-refractivity contribution in [3.05, 3.63) is 21.9 Å². The first-order valence-corrected chi connectivity index (χ1v) is 5.68. The highest BCUT2D eigenvalue weighted by atomic mass is 32.1. The van der Waals surface area contributed by atoms with E-state index in [0.29, 0.717) is 0 Å². The first-order chi connectivity index (χ1) is 6.52. The molecule has 0 aliphatic carbocycles. The zero-order valence-corrected chi connectivity index (χ0v) is 10.0. The molecule has 0 bridgehead atoms. The Bertz CT molecular complexity index is 317. The molecule has 0 aliphatic heterocycles. The molecule has 2 nitrogen and oxygen atoms in total. The first-order valence-electron chi connectivity index (χ1n) is 4.80. The van der Waals surface area contributed by atoms with Gasteiger partial charge in [-0.05, 0) is 23.9 Å². The highest BCUT2D eigenvalue weighted by Gasteiger charge is 2.14. The van der Waals surface area contributed by atoms with Gasteiger partial charge in [0.2, 0.25) is 5.91 Å². The molecule has 0 N–H and O–H groups in total. The van der Waals surface area contributed by atoms with Crippen molar-refractivity contribution in [1.29, 1.82) is 0 Å². The number of hydrogen-bond donors (Lipinski definition) is 0. The Hall–Kier alpha value is -0.830. The second-order valence-corrected chi connectivity index (χ2v) is 4.88. The Kier molecular flexibility index (Phi) is 3.69. The van der Waals surface area contributed by atoms with Crippen molar-refractivity contribution in [3.8, 4) is 0 Å². The smallest absolute Gasteiger partial charge is 0.225 e. The Labute approximate surface area is 89.5 Å². The number of nitrogens with zero attached hydrogens (tertiary/aromatic N) is 1. The van der Waals surface area contributed by atoms with E-state index in [1.54, 1.807) is 16.2 Å². The Morgan fingerprint density at radius 2 is 2.21 bits per heavy atom. The van der Waals surface area contributed by atoms with Crippen LogP contribution in [0, 0.1) is 12.8 Å². The molecule has 0 spiro atoms. The van der Waals surface area contributed by atoms with Crippen LogP contribution in [0.2, 0.25) is 0 Å². The average molecular weight is 211 g/mol. The van der Waals surface area contributed by atoms with E-state index >= 15 is 0 Å². The maximum absolute atomic E-state index is 11.6. The average Bonchev–Trinajstić information content (AvgIpc) is 2.50. The summed E-state index contributed by atoms with van der Waals surface area (Å²) < 4.78 is 0. The van der Waals surface area contributed by atoms with Gasteiger partial charge in [-0.2, -0.15) is 0 Å². The fourth-order valence-corrected chi connectivity index (χ4v) is 2.26. The van der Waals surface area contributed by atoms with Gasteiger partial charge in [0, 0.05) is 17.8 Å². The third kappa shape index (κ3) is 2.58. The van der Waals surface area contributed by atoms with Gasteiger partial charge in [0.1, 0.15) is 0 Å². The number of aryl methyl sites for hydroxylation is 1. The molecular weight excluding hydrogens is 194 g/mol. The number of hydrogen-bond acceptors (Lipinski definition) is 2. The summed E-state index contributed by atoms with van der Waals surface area (Å²) in [4.78, 5) is 14.7. The molecule has 1 rings (SSSR count). The maximum Gasteiger partial charge on any atom is 0.225 e. The van der Waals surface area contributed by atoms with Gasteiger partial charge in [0.15, 0.2) is 0 Å². The molecule has 78 valence electrons. The Balaban J connectivity index is 2.62. The number of carbonyl (C=O) groups is 1. The monoisotopic (exact) mass is 211 g/mol. The molecule has 0 saturated carbocycles. The van der Waals surface area contributed by atoms with Crippen LogP contribution in [0.3, 0.4) is 0 Å². The van der Waals surface area contributed by atoms with E-state index in [0.717, 1.165) is 6.54 Å². The predicted octanol–water partition coefficient (Wildman–Crippen LogP) is 2.67. The summed E-state index contributed by atoms with van der Waals surface area (Å²) in [5.41, 5.74) is 1.28. The van der Waals surface area contributed by atoms with Gasteiger partial charge in [-0.25, -0.2) is 0 Å². The van der Waals surface area contributed by atoms with Crippen LogP contribution < -0.4 is 0 Å². The summed E-state index contributed by atoms with van der Waals surface area (Å²) in [7, 11) is 1.86. The number of thiophene rings is 1. The largest absolute Gasteiger partial charge is 0.340 e. The molecule has 0 unspecified atom stereocenters. The zero-order valence-electron chi connectivity index (χ0n) is 9.20. The topological polar surface area (TPSA) is 20.3 Å². The normalized spacial score (nSPS) is 10.6. The molecule has 0 aliphatic rings. The first kappa shape index (κ1) is 11.2. The number of rotatable bonds is 3. The third-order valence-electron chi connectivity index (χ3n) is 2.22. The minimum atomic E-state index is 0.0836. The Morgan fingerprint density at radius 3 is 2.64 bits per heavy atom. The van der Waals surface area contributed by atoms with Crippen LogP contribution in [0.4, 0.5) is 0 Å². The highest BCUT2D eigenvalue weighted by molar-refractivity contribution is 7.10. The van der Waals surface area contributed by atoms with Crippen LogP contribution >= 0.6 is 11.3 Å². The molecule has 0 fully saturated rings. The van der Waals surface area contributed by atoms with Crippen molar-refractivity contribution in [2.75, 3.05) is 7.05 Å². The number of carbonyl (C=O) groups excluding carboxylic acids is 1. The van der Waals surface area contributed by atoms with Crippen molar-refractivity contribution in [2.24, 2.45) is 5.92 Å². The van der Waals surface area contributed by atoms with E-state index in [-0.39, 0.29) is 11.8 Å². The lowest BCUT2D eigenvalue weighted by molar-refractivity contribution is -0.133. The van der Waals surface area contributed by atoms with Crippen LogP contribution in [0.5, 0.6) is 0 Å². The number of amides is 1. The molecule has 3 heteroatoms. The quantitative estimate of drug-likeness (QED) is 0.752. The summed E-state index contributed by atoms with van der Waals surface area (Å²) in [6.45, 7) is 6.68. The van der Waals surface area contributed by atoms with Crippen molar-refractivity contribution in [2.45, 2.75) is 27.3 Å². The van der Waals surface area contributed by atoms with Gasteiger partial charge in [-0.3, -0.25) is 4.79 Å². The summed E-state index contributed by atoms with van der Waals surface area (Å²) in [5.74, 6) is 0.290. The molecule has 0 radical (unpaired) electrons. The van der Waals surface area contributed by atoms with Crippen molar-refractivity contribution < 1.29 is 4.79 Å². The van der Waals surface area contributed by atoms with Gasteiger partial charge in [-0.15, -0.1) is 11.3 Å². The Morgan fingerprint density at radius 1 is 1.57 bits per heavy atom. The minimum absolute atomic E-state index is 0.0836. The van der Waals surface area contributed by atoms with Crippen molar-refractivity contribution in [1.82, 2.24) is 4.90 Å². The van der Waals surface area contributed by atoms with E-state index in [4.69, 9.17) is 0 Å². The van der Waals surface area contributed by atoms with Crippen LogP contribution in [-0.2, 0) is 11.3 Å². The van der Waals surface area contributed by atoms with E-state index in [1.165, 1.54) is 10.4 Å². The van der Waals surface area contributed by atoms with Gasteiger partial charge in [0.05, 0.1) is 6.54 Å². The van der Waals surface area contributed by atoms with Crippen LogP contribution in [0.25, 0.3) is 0 Å². The SMILES string of the molecule is Cc1ccsc1CN(C)C(=O)C(C)C. The summed E-state index contributed by atoms with van der Waals surface area (Å²) in [5, 5.41) is 2.07. The molecule has 14 heavy (non-hydrogen) atoms. The molecule has 0 atom stereocenters. The lowest BCUT2D eigenvalue weighted by atomic mass is 10.2. The van der Waals surface area contributed by atoms with Crippen LogP contribution in [0.15, 0.2) is 11.4 Å². The molecule has 1 aromatic rings. The maximum atomic E-state index is 11.6. The van der Waals surface area contributed by atoms with Crippen LogP contribution in [0.1, 0.15) is 24.3 Å². The summed E-state index contributed by atoms with van der Waals surface area (Å²) in [6.07, 6.45) is 0. The van der Waals surface area contributed by atoms with Gasteiger partial charge < -0.3 is 4.90 Å². The molecule has 1 heterocycles. The zero-order chi connectivity index (χ0) is 10.7. The van der Waals surface area contributed by atoms with Crippen LogP contribution in [-0.4, -0.2) is 17.9 Å². The minimum Gasteiger partial charge on any atom is -0.340 e. The molecule has 0 aromatic carbocycles. The summed E-state index contributed by atoms with van der Waals surface area (Å²) in [6, 6.07) is 2.09. The fraction of sp³-hybridized carbons (Fsp3) is 0.545. The molecule has 0 saturated heterocycles. The highest BCUT2D eigenvalue weighted by Crippen LogP contribution is 2.17. The molecular formula is C11H17NOS.